The third-order valence-corrected chi connectivity index (χ3v) is 7.39. The van der Waals surface area contributed by atoms with E-state index in [2.05, 4.69) is 4.90 Å². The van der Waals surface area contributed by atoms with Gasteiger partial charge in [-0.3, -0.25) is 14.5 Å². The Kier molecular flexibility index (Phi) is 8.32. The number of ketones is 1. The topological polar surface area (TPSA) is 76.2 Å². The first-order valence-electron chi connectivity index (χ1n) is 12.5. The van der Waals surface area contributed by atoms with Crippen molar-refractivity contribution in [2.45, 2.75) is 63.6 Å². The van der Waals surface area contributed by atoms with E-state index in [0.717, 1.165) is 37.2 Å². The van der Waals surface area contributed by atoms with Crippen molar-refractivity contribution in [2.24, 2.45) is 0 Å². The molecule has 192 valence electrons. The molecule has 1 atom stereocenters. The maximum absolute atomic E-state index is 13.2. The fourth-order valence-electron chi connectivity index (χ4n) is 4.86. The molecule has 2 aromatic carbocycles. The van der Waals surface area contributed by atoms with Gasteiger partial charge in [-0.05, 0) is 62.9 Å². The van der Waals surface area contributed by atoms with Crippen LogP contribution in [0.2, 0.25) is 5.02 Å². The van der Waals surface area contributed by atoms with Crippen LogP contribution in [-0.4, -0.2) is 65.0 Å². The molecule has 4 rings (SSSR count). The molecule has 0 saturated carbocycles. The lowest BCUT2D eigenvalue weighted by Gasteiger charge is -2.42. The van der Waals surface area contributed by atoms with Gasteiger partial charge in [-0.25, -0.2) is 9.69 Å². The largest absolute Gasteiger partial charge is 0.490 e. The van der Waals surface area contributed by atoms with E-state index in [1.165, 1.54) is 4.90 Å². The molecule has 0 bridgehead atoms. The van der Waals surface area contributed by atoms with E-state index in [1.807, 2.05) is 56.3 Å². The van der Waals surface area contributed by atoms with Gasteiger partial charge in [0.1, 0.15) is 18.5 Å². The van der Waals surface area contributed by atoms with Crippen molar-refractivity contribution in [3.8, 4) is 5.75 Å². The number of rotatable bonds is 9. The van der Waals surface area contributed by atoms with Gasteiger partial charge in [-0.2, -0.15) is 0 Å². The lowest BCUT2D eigenvalue weighted by atomic mass is 9.90. The number of Topliss-reactive ketones (excluding diaryl/α,β-unsaturated/α-hetero) is 1. The molecule has 8 heteroatoms. The number of cyclic esters (lactones) is 1. The highest BCUT2D eigenvalue weighted by atomic mass is 35.5. The molecule has 7 nitrogen and oxygen atoms in total. The van der Waals surface area contributed by atoms with E-state index in [9.17, 15) is 14.4 Å². The standard InChI is InChI=1S/C28H33ClN2O5/c1-28(2,30-16-14-24(15-17-30)36-23-10-8-21(29)9-11-23)25(32)12-13-26(33)31-22(19-35-27(31)34)18-20-6-4-3-5-7-20/h3-11,22,24H,12-19H2,1-2H3. The zero-order valence-corrected chi connectivity index (χ0v) is 21.6. The van der Waals surface area contributed by atoms with E-state index in [0.29, 0.717) is 11.4 Å². The van der Waals surface area contributed by atoms with Gasteiger partial charge in [0.05, 0.1) is 11.6 Å². The van der Waals surface area contributed by atoms with E-state index in [4.69, 9.17) is 21.1 Å². The van der Waals surface area contributed by atoms with E-state index < -0.39 is 11.6 Å². The van der Waals surface area contributed by atoms with Crippen LogP contribution in [0.5, 0.6) is 5.75 Å². The molecule has 1 unspecified atom stereocenters. The lowest BCUT2D eigenvalue weighted by Crippen LogP contribution is -2.54. The third kappa shape index (κ3) is 6.26. The fraction of sp³-hybridized carbons (Fsp3) is 0.464. The van der Waals surface area contributed by atoms with Gasteiger partial charge in [0.15, 0.2) is 5.78 Å². The molecule has 2 saturated heterocycles. The van der Waals surface area contributed by atoms with Crippen molar-refractivity contribution in [3.63, 3.8) is 0 Å². The highest BCUT2D eigenvalue weighted by Crippen LogP contribution is 2.27. The van der Waals surface area contributed by atoms with E-state index >= 15 is 0 Å². The van der Waals surface area contributed by atoms with Crippen LogP contribution in [0.4, 0.5) is 4.79 Å². The number of nitrogens with zero attached hydrogens (tertiary/aromatic N) is 2. The summed E-state index contributed by atoms with van der Waals surface area (Å²) in [6.45, 7) is 5.43. The number of amides is 2. The Balaban J connectivity index is 1.27. The van der Waals surface area contributed by atoms with E-state index in [-0.39, 0.29) is 43.3 Å². The fourth-order valence-corrected chi connectivity index (χ4v) is 4.99. The van der Waals surface area contributed by atoms with Crippen molar-refractivity contribution >= 4 is 29.4 Å². The maximum Gasteiger partial charge on any atom is 0.416 e. The van der Waals surface area contributed by atoms with Gasteiger partial charge in [-0.1, -0.05) is 41.9 Å². The Bertz CT molecular complexity index is 1070. The monoisotopic (exact) mass is 512 g/mol. The lowest BCUT2D eigenvalue weighted by molar-refractivity contribution is -0.135. The number of ether oxygens (including phenoxy) is 2. The average molecular weight is 513 g/mol. The van der Waals surface area contributed by atoms with Gasteiger partial charge >= 0.3 is 6.09 Å². The number of hydrogen-bond acceptors (Lipinski definition) is 6. The molecule has 36 heavy (non-hydrogen) atoms. The number of imide groups is 1. The van der Waals surface area contributed by atoms with E-state index in [1.54, 1.807) is 12.1 Å². The van der Waals surface area contributed by atoms with Gasteiger partial charge in [0, 0.05) is 31.0 Å². The van der Waals surface area contributed by atoms with Gasteiger partial charge in [-0.15, -0.1) is 0 Å². The number of carbonyl (C=O) groups is 3. The van der Waals surface area contributed by atoms with Crippen molar-refractivity contribution in [2.75, 3.05) is 19.7 Å². The maximum atomic E-state index is 13.2. The summed E-state index contributed by atoms with van der Waals surface area (Å²) in [6, 6.07) is 16.7. The van der Waals surface area contributed by atoms with Crippen LogP contribution >= 0.6 is 11.6 Å². The van der Waals surface area contributed by atoms with Crippen LogP contribution in [-0.2, 0) is 20.7 Å². The van der Waals surface area contributed by atoms with Gasteiger partial charge < -0.3 is 9.47 Å². The summed E-state index contributed by atoms with van der Waals surface area (Å²) in [6.07, 6.45) is 1.66. The predicted octanol–water partition coefficient (Wildman–Crippen LogP) is 4.90. The molecule has 2 amide bonds. The quantitative estimate of drug-likeness (QED) is 0.475. The molecule has 2 fully saturated rings. The van der Waals surface area contributed by atoms with Crippen LogP contribution in [0.3, 0.4) is 0 Å². The Morgan fingerprint density at radius 1 is 1.03 bits per heavy atom. The van der Waals surface area contributed by atoms with Crippen molar-refractivity contribution in [1.29, 1.82) is 0 Å². The molecule has 0 aliphatic carbocycles. The first-order valence-corrected chi connectivity index (χ1v) is 12.8. The number of piperidine rings is 1. The van der Waals surface area contributed by atoms with Crippen LogP contribution in [0.15, 0.2) is 54.6 Å². The van der Waals surface area contributed by atoms with Crippen LogP contribution in [0.1, 0.15) is 45.1 Å². The molecule has 2 aromatic rings. The second-order valence-corrected chi connectivity index (χ2v) is 10.4. The number of halogens is 1. The van der Waals surface area contributed by atoms with Crippen molar-refractivity contribution in [3.05, 3.63) is 65.2 Å². The molecule has 2 heterocycles. The summed E-state index contributed by atoms with van der Waals surface area (Å²) in [7, 11) is 0. The third-order valence-electron chi connectivity index (χ3n) is 7.14. The summed E-state index contributed by atoms with van der Waals surface area (Å²) in [4.78, 5) is 41.7. The number of hydrogen-bond donors (Lipinski definition) is 0. The zero-order chi connectivity index (χ0) is 25.7. The second-order valence-electron chi connectivity index (χ2n) is 9.92. The molecule has 2 aliphatic rings. The molecule has 0 radical (unpaired) electrons. The second kappa shape index (κ2) is 11.4. The highest BCUT2D eigenvalue weighted by Gasteiger charge is 2.40. The summed E-state index contributed by atoms with van der Waals surface area (Å²) in [5.41, 5.74) is 0.319. The van der Waals surface area contributed by atoms with Crippen molar-refractivity contribution in [1.82, 2.24) is 9.80 Å². The number of benzene rings is 2. The minimum atomic E-state index is -0.708. The minimum Gasteiger partial charge on any atom is -0.490 e. The molecule has 0 aromatic heterocycles. The summed E-state index contributed by atoms with van der Waals surface area (Å²) >= 11 is 5.94. The molecular weight excluding hydrogens is 480 g/mol. The van der Waals surface area contributed by atoms with Crippen molar-refractivity contribution < 1.29 is 23.9 Å². The average Bonchev–Trinajstić information content (AvgIpc) is 3.24. The summed E-state index contributed by atoms with van der Waals surface area (Å²) in [5.74, 6) is 0.412. The molecule has 2 aliphatic heterocycles. The molecule has 0 spiro atoms. The number of carbonyl (C=O) groups excluding carboxylic acids is 3. The van der Waals surface area contributed by atoms with Crippen LogP contribution in [0.25, 0.3) is 0 Å². The summed E-state index contributed by atoms with van der Waals surface area (Å²) < 4.78 is 11.2. The minimum absolute atomic E-state index is 0.0138. The number of likely N-dealkylation sites (tertiary alicyclic amines) is 1. The highest BCUT2D eigenvalue weighted by molar-refractivity contribution is 6.30. The smallest absolute Gasteiger partial charge is 0.416 e. The zero-order valence-electron chi connectivity index (χ0n) is 20.8. The Labute approximate surface area is 217 Å². The summed E-state index contributed by atoms with van der Waals surface area (Å²) in [5, 5.41) is 0.671. The Hall–Kier alpha value is -2.90. The van der Waals surface area contributed by atoms with Gasteiger partial charge in [0.25, 0.3) is 0 Å². The Morgan fingerprint density at radius 2 is 1.69 bits per heavy atom. The van der Waals surface area contributed by atoms with Crippen LogP contribution in [0, 0.1) is 0 Å². The SMILES string of the molecule is CC(C)(C(=O)CCC(=O)N1C(=O)OCC1Cc1ccccc1)N1CCC(Oc2ccc(Cl)cc2)CC1. The molecular formula is C28H33ClN2O5. The predicted molar refractivity (Wildman–Crippen MR) is 137 cm³/mol. The van der Waals surface area contributed by atoms with Gasteiger partial charge in [0.2, 0.25) is 5.91 Å². The van der Waals surface area contributed by atoms with Crippen LogP contribution < -0.4 is 4.74 Å². The first kappa shape index (κ1) is 26.2. The molecule has 0 N–H and O–H groups in total. The Morgan fingerprint density at radius 3 is 2.36 bits per heavy atom. The normalized spacial score (nSPS) is 19.2. The first-order chi connectivity index (χ1) is 17.2.